The van der Waals surface area contributed by atoms with Crippen LogP contribution in [0.1, 0.15) is 52.9 Å². The molecule has 2 amide bonds. The van der Waals surface area contributed by atoms with Gasteiger partial charge in [-0.1, -0.05) is 13.8 Å². The van der Waals surface area contributed by atoms with Crippen LogP contribution in [0.5, 0.6) is 0 Å². The largest absolute Gasteiger partial charge is 0.465 e. The normalized spacial score (nSPS) is 45.3. The Balaban J connectivity index is 1.01. The number of carbonyl (C=O) groups excluding carboxylic acids is 3. The Morgan fingerprint density at radius 3 is 2.32 bits per heavy atom. The van der Waals surface area contributed by atoms with Crippen molar-refractivity contribution in [1.82, 2.24) is 5.06 Å². The van der Waals surface area contributed by atoms with Gasteiger partial charge in [0, 0.05) is 5.41 Å². The molecule has 6 rings (SSSR count). The van der Waals surface area contributed by atoms with Crippen LogP contribution >= 0.6 is 0 Å². The molecule has 3 unspecified atom stereocenters. The minimum atomic E-state index is -4.54. The minimum Gasteiger partial charge on any atom is -0.465 e. The molecule has 1 aliphatic heterocycles. The molecule has 0 aromatic heterocycles. The topological polar surface area (TPSA) is 142 Å². The SMILES string of the molecule is C[C@H]1[C@@H]2C[C@@H](C(N)=O)C2C(=O)N1OS(=O)(=O)OCC(C)(C)COC(=O)C12CC3CC4CC(C1)C432. The Hall–Kier alpha value is -1.72. The van der Waals surface area contributed by atoms with Crippen LogP contribution in [0.25, 0.3) is 0 Å². The molecule has 6 fully saturated rings. The van der Waals surface area contributed by atoms with E-state index in [1.165, 1.54) is 12.8 Å². The molecular weight excluding hydrogens is 464 g/mol. The molecule has 0 bridgehead atoms. The summed E-state index contributed by atoms with van der Waals surface area (Å²) >= 11 is 0. The fourth-order valence-corrected chi connectivity index (χ4v) is 9.44. The van der Waals surface area contributed by atoms with Crippen molar-refractivity contribution in [2.24, 2.45) is 57.5 Å². The molecule has 2 N–H and O–H groups in total. The number of hydroxylamine groups is 2. The van der Waals surface area contributed by atoms with Crippen molar-refractivity contribution in [1.29, 1.82) is 0 Å². The molecule has 11 heteroatoms. The molecule has 1 saturated heterocycles. The minimum absolute atomic E-state index is 0.0304. The number of fused-ring (bicyclic) bond motifs is 1. The predicted octanol–water partition coefficient (Wildman–Crippen LogP) is 1.15. The first kappa shape index (κ1) is 22.7. The fraction of sp³-hybridized carbons (Fsp3) is 0.870. The van der Waals surface area contributed by atoms with Crippen LogP contribution in [-0.2, 0) is 38.0 Å². The predicted molar refractivity (Wildman–Crippen MR) is 115 cm³/mol. The maximum absolute atomic E-state index is 13.0. The highest BCUT2D eigenvalue weighted by Crippen LogP contribution is 2.93. The van der Waals surface area contributed by atoms with E-state index in [0.717, 1.165) is 17.9 Å². The monoisotopic (exact) mass is 496 g/mol. The Kier molecular flexibility index (Phi) is 4.50. The van der Waals surface area contributed by atoms with Crippen LogP contribution in [0.15, 0.2) is 0 Å². The first-order valence-corrected chi connectivity index (χ1v) is 13.5. The molecule has 0 aromatic rings. The van der Waals surface area contributed by atoms with Crippen LogP contribution < -0.4 is 5.73 Å². The van der Waals surface area contributed by atoms with Gasteiger partial charge in [-0.3, -0.25) is 14.4 Å². The highest BCUT2D eigenvalue weighted by atomic mass is 32.3. The number of amides is 2. The van der Waals surface area contributed by atoms with Crippen molar-refractivity contribution < 1.29 is 36.0 Å². The summed E-state index contributed by atoms with van der Waals surface area (Å²) < 4.78 is 40.7. The first-order chi connectivity index (χ1) is 15.8. The Morgan fingerprint density at radius 2 is 1.76 bits per heavy atom. The van der Waals surface area contributed by atoms with Crippen molar-refractivity contribution >= 4 is 28.2 Å². The summed E-state index contributed by atoms with van der Waals surface area (Å²) in [4.78, 5) is 37.1. The lowest BCUT2D eigenvalue weighted by Gasteiger charge is -2.89. The Labute approximate surface area is 199 Å². The van der Waals surface area contributed by atoms with E-state index >= 15 is 0 Å². The summed E-state index contributed by atoms with van der Waals surface area (Å²) in [6.45, 7) is 4.91. The van der Waals surface area contributed by atoms with Crippen molar-refractivity contribution in [3.8, 4) is 0 Å². The number of nitrogens with two attached hydrogens (primary N) is 1. The van der Waals surface area contributed by atoms with E-state index in [1.54, 1.807) is 20.8 Å². The molecule has 34 heavy (non-hydrogen) atoms. The lowest BCUT2D eigenvalue weighted by molar-refractivity contribution is -0.418. The number of ether oxygens (including phenoxy) is 1. The van der Waals surface area contributed by atoms with Crippen LogP contribution in [0.3, 0.4) is 0 Å². The molecule has 188 valence electrons. The lowest BCUT2D eigenvalue weighted by atomic mass is 9.13. The molecular formula is C23H32N2O8S. The second-order valence-electron chi connectivity index (χ2n) is 12.3. The van der Waals surface area contributed by atoms with Gasteiger partial charge in [-0.05, 0) is 68.1 Å². The molecule has 10 nitrogen and oxygen atoms in total. The number of primary amides is 1. The molecule has 1 spiro atoms. The lowest BCUT2D eigenvalue weighted by Crippen LogP contribution is -2.87. The first-order valence-electron chi connectivity index (χ1n) is 12.2. The van der Waals surface area contributed by atoms with Crippen molar-refractivity contribution in [2.75, 3.05) is 13.2 Å². The number of hydrogen-bond donors (Lipinski definition) is 1. The van der Waals surface area contributed by atoms with Crippen LogP contribution in [0.2, 0.25) is 0 Å². The summed E-state index contributed by atoms with van der Waals surface area (Å²) in [5, 5.41) is 0.785. The third kappa shape index (κ3) is 2.63. The van der Waals surface area contributed by atoms with Gasteiger partial charge in [0.1, 0.15) is 0 Å². The molecule has 0 radical (unpaired) electrons. The molecule has 1 heterocycles. The third-order valence-electron chi connectivity index (χ3n) is 10.2. The van der Waals surface area contributed by atoms with Crippen LogP contribution in [0.4, 0.5) is 0 Å². The number of carbonyl (C=O) groups is 3. The summed E-state index contributed by atoms with van der Waals surface area (Å²) in [5.74, 6) is -0.642. The summed E-state index contributed by atoms with van der Waals surface area (Å²) in [7, 11) is -4.54. The average molecular weight is 497 g/mol. The Morgan fingerprint density at radius 1 is 1.12 bits per heavy atom. The summed E-state index contributed by atoms with van der Waals surface area (Å²) in [5.41, 5.74) is 4.48. The van der Waals surface area contributed by atoms with Gasteiger partial charge in [0.2, 0.25) is 5.91 Å². The van der Waals surface area contributed by atoms with Gasteiger partial charge >= 0.3 is 16.4 Å². The number of hydrogen-bond acceptors (Lipinski definition) is 8. The highest BCUT2D eigenvalue weighted by Gasteiger charge is 2.90. The number of esters is 1. The highest BCUT2D eigenvalue weighted by molar-refractivity contribution is 7.81. The second-order valence-corrected chi connectivity index (χ2v) is 13.5. The molecule has 6 atom stereocenters. The van der Waals surface area contributed by atoms with E-state index in [2.05, 4.69) is 0 Å². The second kappa shape index (κ2) is 6.73. The number of rotatable bonds is 9. The van der Waals surface area contributed by atoms with Gasteiger partial charge in [-0.2, -0.15) is 13.5 Å². The van der Waals surface area contributed by atoms with E-state index in [0.29, 0.717) is 24.2 Å². The van der Waals surface area contributed by atoms with E-state index in [4.69, 9.17) is 18.9 Å². The van der Waals surface area contributed by atoms with Crippen molar-refractivity contribution in [3.05, 3.63) is 0 Å². The fourth-order valence-electron chi connectivity index (χ4n) is 8.53. The van der Waals surface area contributed by atoms with Gasteiger partial charge in [-0.15, -0.1) is 4.28 Å². The zero-order valence-corrected chi connectivity index (χ0v) is 20.5. The van der Waals surface area contributed by atoms with Crippen molar-refractivity contribution in [3.63, 3.8) is 0 Å². The molecule has 6 aliphatic rings. The standard InChI is InChI=1S/C23H32N2O8S/c1-11-15-6-16(18(24)26)17(15)19(27)25(11)33-34(29,30)32-10-21(2,3)9-31-20(28)22-7-13-4-12-5-14(8-22)23(12,13)22/h11-17H,4-10H2,1-3H3,(H2,24,26)/t11-,12?,13?,14?,15-,16+,17?,22?,23?/m0/s1. The zero-order chi connectivity index (χ0) is 24.4. The van der Waals surface area contributed by atoms with Gasteiger partial charge < -0.3 is 10.5 Å². The van der Waals surface area contributed by atoms with Gasteiger partial charge in [-0.25, -0.2) is 4.18 Å². The van der Waals surface area contributed by atoms with Gasteiger partial charge in [0.15, 0.2) is 0 Å². The summed E-state index contributed by atoms with van der Waals surface area (Å²) in [6.07, 6.45) is 4.80. The molecule has 5 aliphatic carbocycles. The zero-order valence-electron chi connectivity index (χ0n) is 19.7. The average Bonchev–Trinajstić information content (AvgIpc) is 2.81. The van der Waals surface area contributed by atoms with Gasteiger partial charge in [0.05, 0.1) is 36.5 Å². The molecule has 0 aromatic carbocycles. The third-order valence-corrected chi connectivity index (χ3v) is 11.0. The maximum Gasteiger partial charge on any atom is 0.421 e. The summed E-state index contributed by atoms with van der Waals surface area (Å²) in [6, 6.07) is -0.515. The Bertz CT molecular complexity index is 1060. The van der Waals surface area contributed by atoms with Gasteiger partial charge in [0.25, 0.3) is 5.91 Å². The quantitative estimate of drug-likeness (QED) is 0.469. The van der Waals surface area contributed by atoms with E-state index in [1.807, 2.05) is 0 Å². The number of nitrogens with zero attached hydrogens (tertiary/aromatic N) is 1. The van der Waals surface area contributed by atoms with Crippen molar-refractivity contribution in [2.45, 2.75) is 58.9 Å². The maximum atomic E-state index is 13.0. The van der Waals surface area contributed by atoms with E-state index in [-0.39, 0.29) is 35.9 Å². The smallest absolute Gasteiger partial charge is 0.421 e. The molecule has 5 saturated carbocycles. The van der Waals surface area contributed by atoms with E-state index in [9.17, 15) is 22.8 Å². The van der Waals surface area contributed by atoms with Crippen LogP contribution in [-0.4, -0.2) is 50.5 Å². The van der Waals surface area contributed by atoms with E-state index < -0.39 is 45.5 Å². The van der Waals surface area contributed by atoms with Crippen LogP contribution in [0, 0.1) is 51.8 Å².